The minimum Gasteiger partial charge on any atom is 0 e. The Bertz CT molecular complexity index is 11.6. The van der Waals surface area contributed by atoms with Crippen LogP contribution in [-0.2, 0) is 70.7 Å². The standard InChI is InChI=1S/Al.Cu.Fe.Mn.Zn. The van der Waals surface area contributed by atoms with Gasteiger partial charge in [0.15, 0.2) is 0 Å². The van der Waals surface area contributed by atoms with E-state index in [1.54, 1.807) is 0 Å². The van der Waals surface area contributed by atoms with E-state index in [1.807, 2.05) is 0 Å². The first-order chi connectivity index (χ1) is 0. The molecule has 0 unspecified atom stereocenters. The van der Waals surface area contributed by atoms with Crippen molar-refractivity contribution in [2.75, 3.05) is 0 Å². The van der Waals surface area contributed by atoms with Crippen molar-refractivity contribution in [1.29, 1.82) is 0 Å². The van der Waals surface area contributed by atoms with Crippen LogP contribution in [0.5, 0.6) is 0 Å². The molecule has 0 rings (SSSR count). The molecule has 0 bridgehead atoms. The molecule has 5 heavy (non-hydrogen) atoms. The molecule has 31 valence electrons. The molecule has 0 amide bonds. The molecule has 0 N–H and O–H groups in total. The van der Waals surface area contributed by atoms with Crippen LogP contribution in [-0.4, -0.2) is 17.4 Å². The second-order valence-electron chi connectivity index (χ2n) is 0. The number of rotatable bonds is 0. The van der Waals surface area contributed by atoms with Crippen molar-refractivity contribution < 1.29 is 70.7 Å². The first kappa shape index (κ1) is 47.2. The predicted octanol–water partition coefficient (Wildman–Crippen LogP) is -0.391. The van der Waals surface area contributed by atoms with Crippen LogP contribution < -0.4 is 0 Å². The van der Waals surface area contributed by atoms with Gasteiger partial charge in [0.2, 0.25) is 0 Å². The minimum absolute atomic E-state index is 0. The van der Waals surface area contributed by atoms with Crippen molar-refractivity contribution in [2.45, 2.75) is 0 Å². The summed E-state index contributed by atoms with van der Waals surface area (Å²) in [6.45, 7) is 0. The van der Waals surface area contributed by atoms with Crippen LogP contribution in [0.25, 0.3) is 0 Å². The number of hydrogen-bond acceptors (Lipinski definition) is 0. The van der Waals surface area contributed by atoms with Crippen molar-refractivity contribution in [3.05, 3.63) is 0 Å². The van der Waals surface area contributed by atoms with Gasteiger partial charge in [-0.3, -0.25) is 0 Å². The van der Waals surface area contributed by atoms with E-state index < -0.39 is 0 Å². The van der Waals surface area contributed by atoms with Gasteiger partial charge in [-0.05, 0) is 0 Å². The van der Waals surface area contributed by atoms with Crippen molar-refractivity contribution >= 4 is 17.4 Å². The van der Waals surface area contributed by atoms with E-state index >= 15 is 0 Å². The Morgan fingerprint density at radius 1 is 1.00 bits per heavy atom. The van der Waals surface area contributed by atoms with Gasteiger partial charge in [0.1, 0.15) is 0 Å². The van der Waals surface area contributed by atoms with E-state index in [4.69, 9.17) is 0 Å². The van der Waals surface area contributed by atoms with Crippen molar-refractivity contribution in [3.8, 4) is 0 Å². The normalized spacial score (nSPS) is 0. The van der Waals surface area contributed by atoms with Gasteiger partial charge in [-0.1, -0.05) is 0 Å². The third-order valence-electron chi connectivity index (χ3n) is 0. The summed E-state index contributed by atoms with van der Waals surface area (Å²) in [4.78, 5) is 0. The summed E-state index contributed by atoms with van der Waals surface area (Å²) in [5.74, 6) is 0. The van der Waals surface area contributed by atoms with E-state index in [0.29, 0.717) is 0 Å². The molecule has 5 radical (unpaired) electrons. The molecule has 0 heterocycles. The monoisotopic (exact) mass is 265 g/mol. The Balaban J connectivity index is 0. The Morgan fingerprint density at radius 3 is 1.00 bits per heavy atom. The molecule has 5 heteroatoms. The summed E-state index contributed by atoms with van der Waals surface area (Å²) in [6, 6.07) is 0. The fourth-order valence-corrected chi connectivity index (χ4v) is 0. The summed E-state index contributed by atoms with van der Waals surface area (Å²) >= 11 is 0. The molecule has 0 saturated heterocycles. The van der Waals surface area contributed by atoms with Crippen LogP contribution in [0.2, 0.25) is 0 Å². The summed E-state index contributed by atoms with van der Waals surface area (Å²) in [6.07, 6.45) is 0. The molecule has 0 aromatic heterocycles. The Morgan fingerprint density at radius 2 is 1.00 bits per heavy atom. The van der Waals surface area contributed by atoms with Gasteiger partial charge in [0.25, 0.3) is 0 Å². The van der Waals surface area contributed by atoms with E-state index in [9.17, 15) is 0 Å². The van der Waals surface area contributed by atoms with E-state index in [0.717, 1.165) is 0 Å². The first-order valence-corrected chi connectivity index (χ1v) is 0. The van der Waals surface area contributed by atoms with Gasteiger partial charge >= 0.3 is 0 Å². The van der Waals surface area contributed by atoms with Gasteiger partial charge in [-0.15, -0.1) is 0 Å². The second kappa shape index (κ2) is 29.8. The van der Waals surface area contributed by atoms with Gasteiger partial charge in [-0.25, -0.2) is 0 Å². The molecule has 0 nitrogen and oxygen atoms in total. The summed E-state index contributed by atoms with van der Waals surface area (Å²) < 4.78 is 0. The fourth-order valence-electron chi connectivity index (χ4n) is 0. The Hall–Kier alpha value is 2.71. The molecule has 0 aliphatic carbocycles. The van der Waals surface area contributed by atoms with Crippen LogP contribution in [0.4, 0.5) is 0 Å². The summed E-state index contributed by atoms with van der Waals surface area (Å²) in [7, 11) is 0. The van der Waals surface area contributed by atoms with Crippen LogP contribution in [0.1, 0.15) is 0 Å². The molecular weight excluding hydrogens is 267 g/mol. The largest absolute Gasteiger partial charge is 0 e. The second-order valence-corrected chi connectivity index (χ2v) is 0. The molecule has 0 aliphatic heterocycles. The maximum atomic E-state index is 0. The zero-order valence-electron chi connectivity index (χ0n) is 2.32. The van der Waals surface area contributed by atoms with Crippen molar-refractivity contribution in [2.24, 2.45) is 0 Å². The topological polar surface area (TPSA) is 0 Å². The first-order valence-electron chi connectivity index (χ1n) is 0. The predicted molar refractivity (Wildman–Crippen MR) is 5.75 cm³/mol. The van der Waals surface area contributed by atoms with Gasteiger partial charge in [0.05, 0.1) is 0 Å². The Kier molecular flexibility index (Phi) is 281. The zero-order valence-corrected chi connectivity index (χ0v) is 9.67. The third-order valence-corrected chi connectivity index (χ3v) is 0. The average molecular weight is 267 g/mol. The van der Waals surface area contributed by atoms with E-state index in [-0.39, 0.29) is 88.0 Å². The van der Waals surface area contributed by atoms with E-state index in [2.05, 4.69) is 0 Å². The molecule has 0 fully saturated rings. The average Bonchev–Trinajstić information content (AvgIpc) is 0. The van der Waals surface area contributed by atoms with Crippen LogP contribution in [0.15, 0.2) is 0 Å². The Labute approximate surface area is 86.9 Å². The molecule has 0 aromatic carbocycles. The van der Waals surface area contributed by atoms with Gasteiger partial charge in [0, 0.05) is 88.0 Å². The maximum Gasteiger partial charge on any atom is 0 e. The number of hydrogen-bond donors (Lipinski definition) is 0. The summed E-state index contributed by atoms with van der Waals surface area (Å²) in [5.41, 5.74) is 0. The molecular formula is AlCuFeMnZn. The van der Waals surface area contributed by atoms with Gasteiger partial charge < -0.3 is 0 Å². The van der Waals surface area contributed by atoms with Gasteiger partial charge in [-0.2, -0.15) is 0 Å². The fraction of sp³-hybridized carbons (Fsp3) is 0. The molecule has 0 aromatic rings. The van der Waals surface area contributed by atoms with Crippen LogP contribution in [0.3, 0.4) is 0 Å². The third kappa shape index (κ3) is 20.3. The van der Waals surface area contributed by atoms with Crippen LogP contribution in [0, 0.1) is 0 Å². The quantitative estimate of drug-likeness (QED) is 0.524. The van der Waals surface area contributed by atoms with Crippen molar-refractivity contribution in [1.82, 2.24) is 0 Å². The summed E-state index contributed by atoms with van der Waals surface area (Å²) in [5, 5.41) is 0. The van der Waals surface area contributed by atoms with Crippen molar-refractivity contribution in [3.63, 3.8) is 0 Å². The smallest absolute Gasteiger partial charge is 0 e. The SMILES string of the molecule is [Al].[Cu].[Fe].[Mn].[Zn]. The zero-order chi connectivity index (χ0) is 0. The molecule has 0 atom stereocenters. The molecule has 0 spiro atoms. The van der Waals surface area contributed by atoms with E-state index in [1.165, 1.54) is 0 Å². The minimum atomic E-state index is 0. The molecule has 0 saturated carbocycles. The molecule has 0 aliphatic rings. The van der Waals surface area contributed by atoms with Crippen LogP contribution >= 0.6 is 0 Å². The maximum absolute atomic E-state index is 0.